The van der Waals surface area contributed by atoms with Gasteiger partial charge in [0.05, 0.1) is 30.8 Å². The predicted octanol–water partition coefficient (Wildman–Crippen LogP) is -0.997. The van der Waals surface area contributed by atoms with Crippen molar-refractivity contribution in [2.45, 2.75) is 32.4 Å². The van der Waals surface area contributed by atoms with Gasteiger partial charge in [0.2, 0.25) is 27.7 Å². The molecule has 0 aromatic carbocycles. The number of likely N-dealkylation sites (N-methyl/N-ethyl adjacent to an activating group) is 1. The maximum Gasteiger partial charge on any atom is 0.246 e. The molecule has 2 fully saturated rings. The maximum absolute atomic E-state index is 12.7. The molecule has 2 rings (SSSR count). The van der Waals surface area contributed by atoms with Crippen LogP contribution in [0.15, 0.2) is 12.2 Å². The largest absolute Gasteiger partial charge is 0.369 e. The van der Waals surface area contributed by atoms with Gasteiger partial charge in [-0.05, 0) is 19.4 Å². The third-order valence-electron chi connectivity index (χ3n) is 5.05. The van der Waals surface area contributed by atoms with Crippen LogP contribution in [0.5, 0.6) is 0 Å². The van der Waals surface area contributed by atoms with Gasteiger partial charge in [0.1, 0.15) is 0 Å². The van der Waals surface area contributed by atoms with Crippen molar-refractivity contribution in [2.75, 3.05) is 32.9 Å². The summed E-state index contributed by atoms with van der Waals surface area (Å²) in [5.74, 6) is -1.77. The Morgan fingerprint density at radius 1 is 1.37 bits per heavy atom. The predicted molar refractivity (Wildman–Crippen MR) is 99.8 cm³/mol. The van der Waals surface area contributed by atoms with Crippen LogP contribution >= 0.6 is 0 Å². The monoisotopic (exact) mass is 400 g/mol. The number of nitrogens with two attached hydrogens (primary N) is 1. The lowest BCUT2D eigenvalue weighted by Crippen LogP contribution is -2.43. The minimum atomic E-state index is -3.68. The van der Waals surface area contributed by atoms with Crippen LogP contribution in [0, 0.1) is 11.8 Å². The molecule has 152 valence electrons. The first-order valence-electron chi connectivity index (χ1n) is 8.92. The van der Waals surface area contributed by atoms with E-state index in [9.17, 15) is 22.8 Å². The second-order valence-corrected chi connectivity index (χ2v) is 9.47. The average molecular weight is 401 g/mol. The van der Waals surface area contributed by atoms with E-state index in [2.05, 4.69) is 0 Å². The van der Waals surface area contributed by atoms with E-state index < -0.39 is 39.8 Å². The van der Waals surface area contributed by atoms with E-state index in [1.807, 2.05) is 13.8 Å². The maximum atomic E-state index is 12.7. The molecule has 9 nitrogen and oxygen atoms in total. The van der Waals surface area contributed by atoms with Gasteiger partial charge >= 0.3 is 0 Å². The summed E-state index contributed by atoms with van der Waals surface area (Å²) in [5.41, 5.74) is 5.12. The molecule has 0 aliphatic carbocycles. The number of rotatable bonds is 7. The van der Waals surface area contributed by atoms with E-state index >= 15 is 0 Å². The Hall–Kier alpha value is -1.94. The van der Waals surface area contributed by atoms with Crippen molar-refractivity contribution >= 4 is 27.7 Å². The summed E-state index contributed by atoms with van der Waals surface area (Å²) in [7, 11) is -1.98. The fraction of sp³-hybridized carbons (Fsp3) is 0.706. The van der Waals surface area contributed by atoms with Gasteiger partial charge in [-0.3, -0.25) is 19.3 Å². The number of carbonyl (C=O) groups is 3. The van der Waals surface area contributed by atoms with Crippen LogP contribution in [0.25, 0.3) is 0 Å². The lowest BCUT2D eigenvalue weighted by Gasteiger charge is -2.28. The summed E-state index contributed by atoms with van der Waals surface area (Å²) in [6, 6.07) is -0.956. The van der Waals surface area contributed by atoms with E-state index in [0.717, 1.165) is 10.6 Å². The molecule has 0 saturated carbocycles. The fourth-order valence-electron chi connectivity index (χ4n) is 4.05. The first kappa shape index (κ1) is 21.4. The van der Waals surface area contributed by atoms with E-state index in [-0.39, 0.29) is 18.4 Å². The molecular weight excluding hydrogens is 372 g/mol. The topological polar surface area (TPSA) is 121 Å². The normalized spacial score (nSPS) is 25.9. The molecule has 0 aromatic rings. The molecule has 2 aliphatic heterocycles. The highest BCUT2D eigenvalue weighted by atomic mass is 32.2. The van der Waals surface area contributed by atoms with Gasteiger partial charge in [-0.2, -0.15) is 0 Å². The zero-order valence-corrected chi connectivity index (χ0v) is 17.0. The Bertz CT molecular complexity index is 748. The van der Waals surface area contributed by atoms with Crippen molar-refractivity contribution in [1.29, 1.82) is 0 Å². The molecule has 2 heterocycles. The van der Waals surface area contributed by atoms with Gasteiger partial charge in [-0.25, -0.2) is 12.7 Å². The van der Waals surface area contributed by atoms with Crippen LogP contribution in [0.3, 0.4) is 0 Å². The van der Waals surface area contributed by atoms with Crippen LogP contribution in [0.2, 0.25) is 0 Å². The lowest BCUT2D eigenvalue weighted by atomic mass is 9.88. The quantitative estimate of drug-likeness (QED) is 0.547. The van der Waals surface area contributed by atoms with Crippen LogP contribution in [0.1, 0.15) is 20.3 Å². The first-order chi connectivity index (χ1) is 12.4. The Labute approximate surface area is 160 Å². The third kappa shape index (κ3) is 4.49. The smallest absolute Gasteiger partial charge is 0.246 e. The minimum absolute atomic E-state index is 0.0835. The van der Waals surface area contributed by atoms with Crippen molar-refractivity contribution in [1.82, 2.24) is 14.1 Å². The van der Waals surface area contributed by atoms with Crippen LogP contribution in [-0.4, -0.2) is 85.3 Å². The highest BCUT2D eigenvalue weighted by molar-refractivity contribution is 7.88. The van der Waals surface area contributed by atoms with Gasteiger partial charge in [0, 0.05) is 19.2 Å². The summed E-state index contributed by atoms with van der Waals surface area (Å²) < 4.78 is 25.2. The third-order valence-corrected chi connectivity index (χ3v) is 6.22. The molecule has 2 aliphatic rings. The zero-order valence-electron chi connectivity index (χ0n) is 16.2. The summed E-state index contributed by atoms with van der Waals surface area (Å²) in [6.07, 6.45) is 4.51. The number of amides is 3. The molecule has 2 saturated heterocycles. The van der Waals surface area contributed by atoms with E-state index in [0.29, 0.717) is 19.5 Å². The zero-order chi connectivity index (χ0) is 20.5. The number of hydrogen-bond donors (Lipinski definition) is 1. The van der Waals surface area contributed by atoms with Crippen molar-refractivity contribution in [3.05, 3.63) is 12.2 Å². The van der Waals surface area contributed by atoms with E-state index in [4.69, 9.17) is 5.73 Å². The number of likely N-dealkylation sites (tertiary alicyclic amines) is 1. The van der Waals surface area contributed by atoms with Crippen LogP contribution in [-0.2, 0) is 24.4 Å². The number of fused-ring (bicyclic) bond motifs is 1. The van der Waals surface area contributed by atoms with Crippen molar-refractivity contribution in [2.24, 2.45) is 17.6 Å². The second kappa shape index (κ2) is 7.97. The highest BCUT2D eigenvalue weighted by Gasteiger charge is 2.58. The van der Waals surface area contributed by atoms with Gasteiger partial charge in [0.25, 0.3) is 0 Å². The van der Waals surface area contributed by atoms with Gasteiger partial charge in [-0.15, -0.1) is 0 Å². The molecule has 27 heavy (non-hydrogen) atoms. The van der Waals surface area contributed by atoms with Crippen molar-refractivity contribution in [3.8, 4) is 0 Å². The number of hydrogen-bond acceptors (Lipinski definition) is 6. The summed E-state index contributed by atoms with van der Waals surface area (Å²) in [4.78, 5) is 39.5. The molecule has 3 atom stereocenters. The summed E-state index contributed by atoms with van der Waals surface area (Å²) in [5, 5.41) is 0. The van der Waals surface area contributed by atoms with Crippen molar-refractivity contribution < 1.29 is 22.8 Å². The molecule has 0 spiro atoms. The molecule has 3 amide bonds. The number of primary amides is 1. The van der Waals surface area contributed by atoms with Gasteiger partial charge in [-0.1, -0.05) is 19.9 Å². The Morgan fingerprint density at radius 2 is 2.00 bits per heavy atom. The highest BCUT2D eigenvalue weighted by Crippen LogP contribution is 2.41. The Kier molecular flexibility index (Phi) is 6.31. The second-order valence-electron chi connectivity index (χ2n) is 7.61. The minimum Gasteiger partial charge on any atom is -0.369 e. The Morgan fingerprint density at radius 3 is 2.52 bits per heavy atom. The number of carbonyl (C=O) groups excluding carboxylic acids is 3. The van der Waals surface area contributed by atoms with Crippen LogP contribution in [0.4, 0.5) is 0 Å². The standard InChI is InChI=1S/C17H28N4O5S/c1-11(2)15-16-12(21(17(15)24)27(4,25)26)7-9-20(16)14(23)6-5-8-19(3)10-13(18)22/h5-6,11-12,15-16H,7-10H2,1-4H3,(H2,18,22)/t12-,15+,16-/m0/s1. The van der Waals surface area contributed by atoms with E-state index in [1.54, 1.807) is 22.9 Å². The molecule has 0 aromatic heterocycles. The molecule has 0 radical (unpaired) electrons. The summed E-state index contributed by atoms with van der Waals surface area (Å²) in [6.45, 7) is 4.58. The van der Waals surface area contributed by atoms with Crippen LogP contribution < -0.4 is 5.73 Å². The SMILES string of the molecule is CC(C)[C@H]1C(=O)N(S(C)(=O)=O)[C@H]2CCN(C(=O)C=CCN(C)CC(N)=O)[C@H]12. The fourth-order valence-corrected chi connectivity index (χ4v) is 5.22. The Balaban J connectivity index is 2.16. The lowest BCUT2D eigenvalue weighted by molar-refractivity contribution is -0.131. The number of nitrogens with zero attached hydrogens (tertiary/aromatic N) is 3. The summed E-state index contributed by atoms with van der Waals surface area (Å²) >= 11 is 0. The molecule has 0 bridgehead atoms. The molecule has 10 heteroatoms. The average Bonchev–Trinajstić information content (AvgIpc) is 3.01. The van der Waals surface area contributed by atoms with Gasteiger partial charge < -0.3 is 10.6 Å². The van der Waals surface area contributed by atoms with Gasteiger partial charge in [0.15, 0.2) is 0 Å². The first-order valence-corrected chi connectivity index (χ1v) is 10.8. The molecule has 0 unspecified atom stereocenters. The van der Waals surface area contributed by atoms with Crippen molar-refractivity contribution in [3.63, 3.8) is 0 Å². The molecule has 2 N–H and O–H groups in total. The van der Waals surface area contributed by atoms with E-state index in [1.165, 1.54) is 6.08 Å². The molecular formula is C17H28N4O5S. The number of sulfonamides is 1.